The fourth-order valence-corrected chi connectivity index (χ4v) is 5.57. The monoisotopic (exact) mass is 511 g/mol. The van der Waals surface area contributed by atoms with Gasteiger partial charge in [0.15, 0.2) is 11.5 Å². The van der Waals surface area contributed by atoms with E-state index in [-0.39, 0.29) is 11.3 Å². The van der Waals surface area contributed by atoms with E-state index in [1.54, 1.807) is 41.3 Å². The molecule has 1 atom stereocenters. The molecule has 4 aromatic rings. The van der Waals surface area contributed by atoms with Gasteiger partial charge in [0.25, 0.3) is 5.91 Å². The highest BCUT2D eigenvalue weighted by atomic mass is 35.5. The van der Waals surface area contributed by atoms with Gasteiger partial charge < -0.3 is 14.4 Å². The van der Waals surface area contributed by atoms with Crippen LogP contribution in [0, 0.1) is 6.92 Å². The molecule has 0 radical (unpaired) electrons. The smallest absolute Gasteiger partial charge is 0.290 e. The van der Waals surface area contributed by atoms with Gasteiger partial charge in [0.1, 0.15) is 11.6 Å². The Balaban J connectivity index is 1.52. The predicted octanol–water partition coefficient (Wildman–Crippen LogP) is 6.93. The molecule has 2 aromatic heterocycles. The number of nitrogens with zero attached hydrogens (tertiary/aromatic N) is 1. The number of thiophene rings is 1. The van der Waals surface area contributed by atoms with E-state index < -0.39 is 23.5 Å². The van der Waals surface area contributed by atoms with Gasteiger partial charge in [0, 0.05) is 26.9 Å². The molecule has 1 aliphatic rings. The van der Waals surface area contributed by atoms with Crippen LogP contribution in [0.2, 0.25) is 10.0 Å². The number of furan rings is 1. The van der Waals surface area contributed by atoms with Crippen LogP contribution >= 0.6 is 34.5 Å². The summed E-state index contributed by atoms with van der Waals surface area (Å²) < 4.78 is 5.76. The molecule has 172 valence electrons. The van der Waals surface area contributed by atoms with Gasteiger partial charge in [-0.1, -0.05) is 35.3 Å². The summed E-state index contributed by atoms with van der Waals surface area (Å²) in [5, 5.41) is 14.6. The number of fused-ring (bicyclic) bond motifs is 1. The van der Waals surface area contributed by atoms with Crippen molar-refractivity contribution in [1.82, 2.24) is 4.90 Å². The summed E-state index contributed by atoms with van der Waals surface area (Å²) in [6.07, 6.45) is 0.543. The number of aryl methyl sites for hydroxylation is 1. The molecular formula is C26H19Cl2NO4S. The van der Waals surface area contributed by atoms with Gasteiger partial charge in [-0.05, 0) is 72.3 Å². The van der Waals surface area contributed by atoms with Gasteiger partial charge in [-0.2, -0.15) is 0 Å². The number of aliphatic hydroxyl groups is 1. The number of hydrogen-bond donors (Lipinski definition) is 1. The van der Waals surface area contributed by atoms with E-state index in [0.29, 0.717) is 34.0 Å². The molecule has 2 aromatic carbocycles. The standard InChI is InChI=1S/C26H19Cl2NO4S/c1-14-9-11-34-25(14)22-21(23(30)20-13-16-12-18(28)6-7-19(16)33-20)24(31)26(32)29(22)10-8-15-2-4-17(27)5-3-15/h2-7,9,11-13,22,31H,8,10H2,1H3. The molecule has 1 N–H and O–H groups in total. The lowest BCUT2D eigenvalue weighted by Gasteiger charge is -2.26. The molecule has 0 bridgehead atoms. The molecule has 0 saturated carbocycles. The Bertz CT molecular complexity index is 1450. The summed E-state index contributed by atoms with van der Waals surface area (Å²) in [6.45, 7) is 2.24. The first kappa shape index (κ1) is 22.7. The molecule has 1 aliphatic heterocycles. The largest absolute Gasteiger partial charge is 0.503 e. The van der Waals surface area contributed by atoms with Crippen molar-refractivity contribution >= 4 is 57.2 Å². The number of carbonyl (C=O) groups is 2. The number of rotatable bonds is 6. The fourth-order valence-electron chi connectivity index (χ4n) is 4.21. The molecule has 5 nitrogen and oxygen atoms in total. The Hall–Kier alpha value is -3.06. The average molecular weight is 512 g/mol. The zero-order valence-electron chi connectivity index (χ0n) is 18.0. The molecule has 1 unspecified atom stereocenters. The Labute approximate surface area is 209 Å². The summed E-state index contributed by atoms with van der Waals surface area (Å²) in [5.74, 6) is -1.60. The van der Waals surface area contributed by atoms with E-state index in [2.05, 4.69) is 0 Å². The van der Waals surface area contributed by atoms with E-state index in [4.69, 9.17) is 27.6 Å². The molecular weight excluding hydrogens is 493 g/mol. The summed E-state index contributed by atoms with van der Waals surface area (Å²) >= 11 is 13.5. The van der Waals surface area contributed by atoms with Crippen molar-refractivity contribution in [3.05, 3.63) is 103 Å². The van der Waals surface area contributed by atoms with E-state index in [1.165, 1.54) is 11.3 Å². The third-order valence-corrected chi connectivity index (χ3v) is 7.51. The lowest BCUT2D eigenvalue weighted by atomic mass is 9.98. The second kappa shape index (κ2) is 8.95. The van der Waals surface area contributed by atoms with Crippen LogP contribution < -0.4 is 0 Å². The number of amides is 1. The molecule has 1 amide bonds. The summed E-state index contributed by atoms with van der Waals surface area (Å²) in [5.41, 5.74) is 2.46. The summed E-state index contributed by atoms with van der Waals surface area (Å²) in [7, 11) is 0. The number of carbonyl (C=O) groups excluding carboxylic acids is 2. The quantitative estimate of drug-likeness (QED) is 0.285. The maximum absolute atomic E-state index is 13.6. The number of Topliss-reactive ketones (excluding diaryl/α,β-unsaturated/α-hetero) is 1. The Kier molecular flexibility index (Phi) is 5.98. The maximum atomic E-state index is 13.6. The molecule has 0 saturated heterocycles. The Morgan fingerprint density at radius 1 is 1.09 bits per heavy atom. The second-order valence-corrected chi connectivity index (χ2v) is 9.95. The number of halogens is 2. The molecule has 0 aliphatic carbocycles. The van der Waals surface area contributed by atoms with Crippen molar-refractivity contribution in [2.75, 3.05) is 6.54 Å². The van der Waals surface area contributed by atoms with Crippen LogP contribution in [0.25, 0.3) is 11.0 Å². The lowest BCUT2D eigenvalue weighted by molar-refractivity contribution is -0.129. The van der Waals surface area contributed by atoms with Crippen LogP contribution in [0.4, 0.5) is 0 Å². The molecule has 5 rings (SSSR count). The molecule has 0 fully saturated rings. The zero-order valence-corrected chi connectivity index (χ0v) is 20.4. The van der Waals surface area contributed by atoms with Gasteiger partial charge in [-0.15, -0.1) is 11.3 Å². The SMILES string of the molecule is Cc1ccsc1C1C(C(=O)c2cc3cc(Cl)ccc3o2)=C(O)C(=O)N1CCc1ccc(Cl)cc1. The van der Waals surface area contributed by atoms with Crippen LogP contribution in [0.5, 0.6) is 0 Å². The zero-order chi connectivity index (χ0) is 24.0. The number of ketones is 1. The Morgan fingerprint density at radius 3 is 2.53 bits per heavy atom. The van der Waals surface area contributed by atoms with Gasteiger partial charge in [-0.3, -0.25) is 9.59 Å². The summed E-state index contributed by atoms with van der Waals surface area (Å²) in [4.78, 5) is 29.1. The predicted molar refractivity (Wildman–Crippen MR) is 134 cm³/mol. The lowest BCUT2D eigenvalue weighted by Crippen LogP contribution is -2.33. The maximum Gasteiger partial charge on any atom is 0.290 e. The molecule has 8 heteroatoms. The first-order valence-corrected chi connectivity index (χ1v) is 12.2. The Morgan fingerprint density at radius 2 is 1.82 bits per heavy atom. The molecule has 3 heterocycles. The van der Waals surface area contributed by atoms with Crippen LogP contribution in [0.1, 0.15) is 32.6 Å². The molecule has 0 spiro atoms. The van der Waals surface area contributed by atoms with Crippen molar-refractivity contribution in [3.8, 4) is 0 Å². The van der Waals surface area contributed by atoms with Crippen molar-refractivity contribution in [2.24, 2.45) is 0 Å². The van der Waals surface area contributed by atoms with E-state index >= 15 is 0 Å². The topological polar surface area (TPSA) is 70.7 Å². The highest BCUT2D eigenvalue weighted by molar-refractivity contribution is 7.10. The second-order valence-electron chi connectivity index (χ2n) is 8.13. The molecule has 34 heavy (non-hydrogen) atoms. The normalized spacial score (nSPS) is 16.1. The fraction of sp³-hybridized carbons (Fsp3) is 0.154. The third kappa shape index (κ3) is 4.02. The van der Waals surface area contributed by atoms with E-state index in [1.807, 2.05) is 30.5 Å². The minimum Gasteiger partial charge on any atom is -0.503 e. The van der Waals surface area contributed by atoms with Gasteiger partial charge in [0.05, 0.1) is 5.57 Å². The number of benzene rings is 2. The highest BCUT2D eigenvalue weighted by Gasteiger charge is 2.45. The van der Waals surface area contributed by atoms with Crippen LogP contribution in [0.15, 0.2) is 75.7 Å². The minimum absolute atomic E-state index is 0.0248. The van der Waals surface area contributed by atoms with Gasteiger partial charge in [-0.25, -0.2) is 0 Å². The first-order chi connectivity index (χ1) is 16.3. The van der Waals surface area contributed by atoms with Crippen LogP contribution in [0.3, 0.4) is 0 Å². The highest BCUT2D eigenvalue weighted by Crippen LogP contribution is 2.42. The van der Waals surface area contributed by atoms with E-state index in [0.717, 1.165) is 16.0 Å². The van der Waals surface area contributed by atoms with Crippen molar-refractivity contribution < 1.29 is 19.1 Å². The number of aliphatic hydroxyl groups excluding tert-OH is 1. The van der Waals surface area contributed by atoms with E-state index in [9.17, 15) is 14.7 Å². The number of hydrogen-bond acceptors (Lipinski definition) is 5. The average Bonchev–Trinajstić information content (AvgIpc) is 3.49. The first-order valence-electron chi connectivity index (χ1n) is 10.6. The minimum atomic E-state index is -0.705. The van der Waals surface area contributed by atoms with Crippen molar-refractivity contribution in [3.63, 3.8) is 0 Å². The van der Waals surface area contributed by atoms with Gasteiger partial charge >= 0.3 is 0 Å². The van der Waals surface area contributed by atoms with Crippen molar-refractivity contribution in [2.45, 2.75) is 19.4 Å². The van der Waals surface area contributed by atoms with Gasteiger partial charge in [0.2, 0.25) is 5.78 Å². The van der Waals surface area contributed by atoms with Crippen LogP contribution in [-0.2, 0) is 11.2 Å². The third-order valence-electron chi connectivity index (χ3n) is 5.96. The summed E-state index contributed by atoms with van der Waals surface area (Å²) in [6, 6.07) is 15.2. The van der Waals surface area contributed by atoms with Crippen LogP contribution in [-0.4, -0.2) is 28.2 Å². The van der Waals surface area contributed by atoms with Crippen molar-refractivity contribution in [1.29, 1.82) is 0 Å².